The number of halogens is 5. The molecule has 5 rings (SSSR count). The fraction of sp³-hybridized carbons (Fsp3) is 0.200. The molecule has 0 heterocycles. The number of methoxy groups -OCH3 is 2. The molecule has 4 N–H and O–H groups in total. The first-order chi connectivity index (χ1) is 31.6. The van der Waals surface area contributed by atoms with E-state index in [2.05, 4.69) is 41.7 Å². The predicted octanol–water partition coefficient (Wildman–Crippen LogP) is 11.1. The van der Waals surface area contributed by atoms with E-state index in [0.29, 0.717) is 39.6 Å². The number of carbonyl (C=O) groups is 6. The molecule has 2 unspecified atom stereocenters. The molecule has 0 aliphatic heterocycles. The normalized spacial score (nSPS) is 12.0. The minimum atomic E-state index is -1.65. The van der Waals surface area contributed by atoms with Gasteiger partial charge in [0.2, 0.25) is 12.1 Å². The minimum Gasteiger partial charge on any atom is -0.495 e. The van der Waals surface area contributed by atoms with Gasteiger partial charge in [-0.15, -0.1) is 34.8 Å². The lowest BCUT2D eigenvalue weighted by atomic mass is 10.1. The summed E-state index contributed by atoms with van der Waals surface area (Å²) in [7, 11) is 2.91. The summed E-state index contributed by atoms with van der Waals surface area (Å²) in [5.41, 5.74) is 2.90. The van der Waals surface area contributed by atoms with Gasteiger partial charge in [0.15, 0.2) is 11.6 Å². The summed E-state index contributed by atoms with van der Waals surface area (Å²) in [6.07, 6.45) is 0. The predicted molar refractivity (Wildman–Crippen MR) is 255 cm³/mol. The Morgan fingerprint density at radius 1 is 0.545 bits per heavy atom. The summed E-state index contributed by atoms with van der Waals surface area (Å²) < 4.78 is 10.7. The van der Waals surface area contributed by atoms with Gasteiger partial charge in [0.05, 0.1) is 35.6 Å². The number of nitrogens with zero attached hydrogens (tertiary/aromatic N) is 4. The third-order valence-corrected chi connectivity index (χ3v) is 11.0. The molecular formula is C45H39Cl5N8O8. The lowest BCUT2D eigenvalue weighted by molar-refractivity contribution is -0.127. The van der Waals surface area contributed by atoms with E-state index in [-0.39, 0.29) is 61.6 Å². The third kappa shape index (κ3) is 12.7. The van der Waals surface area contributed by atoms with Crippen molar-refractivity contribution in [3.05, 3.63) is 129 Å². The van der Waals surface area contributed by atoms with Gasteiger partial charge in [-0.05, 0) is 97.3 Å². The highest BCUT2D eigenvalue weighted by Gasteiger charge is 2.26. The van der Waals surface area contributed by atoms with E-state index in [4.69, 9.17) is 67.5 Å². The van der Waals surface area contributed by atoms with Gasteiger partial charge < -0.3 is 30.7 Å². The molecule has 0 bridgehead atoms. The second-order valence-corrected chi connectivity index (χ2v) is 15.6. The number of ketones is 2. The summed E-state index contributed by atoms with van der Waals surface area (Å²) in [5, 5.41) is 26.9. The molecule has 0 aliphatic carbocycles. The molecule has 66 heavy (non-hydrogen) atoms. The number of hydrogen-bond acceptors (Lipinski definition) is 12. The Morgan fingerprint density at radius 2 is 0.985 bits per heavy atom. The molecule has 0 aliphatic rings. The summed E-state index contributed by atoms with van der Waals surface area (Å²) in [4.78, 5) is 78.6. The van der Waals surface area contributed by atoms with Crippen LogP contribution in [0.1, 0.15) is 51.3 Å². The van der Waals surface area contributed by atoms with Crippen LogP contribution in [0.3, 0.4) is 0 Å². The number of ether oxygens (including phenoxy) is 2. The molecule has 5 aromatic carbocycles. The molecule has 342 valence electrons. The van der Waals surface area contributed by atoms with Crippen LogP contribution in [-0.4, -0.2) is 61.5 Å². The van der Waals surface area contributed by atoms with Crippen molar-refractivity contribution in [3.8, 4) is 11.5 Å². The van der Waals surface area contributed by atoms with Crippen LogP contribution in [-0.2, 0) is 36.8 Å². The summed E-state index contributed by atoms with van der Waals surface area (Å²) in [6.45, 7) is 2.29. The van der Waals surface area contributed by atoms with E-state index in [1.807, 2.05) is 0 Å². The first-order valence-electron chi connectivity index (χ1n) is 19.4. The molecule has 0 saturated heterocycles. The van der Waals surface area contributed by atoms with Crippen LogP contribution < -0.4 is 30.7 Å². The van der Waals surface area contributed by atoms with Gasteiger partial charge in [-0.1, -0.05) is 47.5 Å². The number of nitrogens with one attached hydrogen (secondary N) is 4. The molecule has 0 fully saturated rings. The van der Waals surface area contributed by atoms with Gasteiger partial charge in [0.25, 0.3) is 23.6 Å². The van der Waals surface area contributed by atoms with Gasteiger partial charge in [0, 0.05) is 40.1 Å². The highest BCUT2D eigenvalue weighted by molar-refractivity contribution is 6.33. The Bertz CT molecular complexity index is 2710. The fourth-order valence-corrected chi connectivity index (χ4v) is 7.00. The summed E-state index contributed by atoms with van der Waals surface area (Å²) >= 11 is 31.1. The van der Waals surface area contributed by atoms with Crippen molar-refractivity contribution in [2.75, 3.05) is 35.5 Å². The Morgan fingerprint density at radius 3 is 1.39 bits per heavy atom. The molecule has 4 amide bonds. The lowest BCUT2D eigenvalue weighted by Gasteiger charge is -2.15. The van der Waals surface area contributed by atoms with Gasteiger partial charge in [-0.25, -0.2) is 0 Å². The van der Waals surface area contributed by atoms with E-state index >= 15 is 0 Å². The van der Waals surface area contributed by atoms with Crippen LogP contribution in [0.25, 0.3) is 0 Å². The molecule has 5 aromatic rings. The van der Waals surface area contributed by atoms with Gasteiger partial charge in [-0.2, -0.15) is 20.5 Å². The van der Waals surface area contributed by atoms with Crippen molar-refractivity contribution < 1.29 is 38.2 Å². The summed E-state index contributed by atoms with van der Waals surface area (Å²) in [6, 6.07) is 19.6. The van der Waals surface area contributed by atoms with Crippen LogP contribution in [0.5, 0.6) is 11.5 Å². The summed E-state index contributed by atoms with van der Waals surface area (Å²) in [5.74, 6) is -3.33. The number of amides is 4. The number of azo groups is 2. The second-order valence-electron chi connectivity index (χ2n) is 13.9. The molecule has 0 saturated carbocycles. The van der Waals surface area contributed by atoms with E-state index in [1.54, 1.807) is 36.4 Å². The largest absolute Gasteiger partial charge is 0.495 e. The number of anilines is 4. The maximum Gasteiger partial charge on any atom is 0.258 e. The average Bonchev–Trinajstić information content (AvgIpc) is 3.30. The SMILES string of the molecule is COc1cccc(CCl)c1NC(=O)c1ccc(Cl)c(N=NC(C(C)=O)C(=O)Nc2ccc(NC(=O)C(N=Nc3cc(C(=O)Nc4c(CCl)cccc4OC)ccc3Cl)C(C)=O)c(CCl)c2)c1. The topological polar surface area (TPSA) is 218 Å². The average molecular weight is 997 g/mol. The van der Waals surface area contributed by atoms with E-state index < -0.39 is 47.3 Å². The van der Waals surface area contributed by atoms with Crippen molar-refractivity contribution in [1.29, 1.82) is 0 Å². The van der Waals surface area contributed by atoms with Crippen LogP contribution in [0.2, 0.25) is 10.0 Å². The van der Waals surface area contributed by atoms with Crippen molar-refractivity contribution in [3.63, 3.8) is 0 Å². The standard InChI is InChI=1S/C45H39Cl5N8O8/c1-23(59)38(57-55-34-18-25(11-14-31(34)49)42(61)53-40-27(20-46)7-5-9-36(40)65-3)44(63)51-30-13-16-33(29(17-30)22-48)52-45(64)39(24(2)60)58-56-35-19-26(12-15-32(35)50)43(62)54-41-28(21-47)8-6-10-37(41)66-4/h5-19,38-39H,20-22H2,1-4H3,(H,51,63)(H,52,64)(H,53,61)(H,54,62). The number of benzene rings is 5. The zero-order valence-electron chi connectivity index (χ0n) is 35.4. The minimum absolute atomic E-state index is 0.000360. The molecule has 2 atom stereocenters. The number of alkyl halides is 3. The third-order valence-electron chi connectivity index (χ3n) is 9.45. The Hall–Kier alpha value is -6.43. The van der Waals surface area contributed by atoms with Crippen molar-refractivity contribution in [2.24, 2.45) is 20.5 Å². The smallest absolute Gasteiger partial charge is 0.258 e. The van der Waals surface area contributed by atoms with Crippen molar-refractivity contribution in [2.45, 2.75) is 43.6 Å². The maximum atomic E-state index is 13.4. The van der Waals surface area contributed by atoms with Crippen LogP contribution in [0, 0.1) is 0 Å². The monoisotopic (exact) mass is 994 g/mol. The second kappa shape index (κ2) is 23.7. The number of rotatable bonds is 19. The molecule has 16 nitrogen and oxygen atoms in total. The molecule has 0 aromatic heterocycles. The van der Waals surface area contributed by atoms with Crippen LogP contribution in [0.15, 0.2) is 111 Å². The highest BCUT2D eigenvalue weighted by Crippen LogP contribution is 2.34. The highest BCUT2D eigenvalue weighted by atomic mass is 35.5. The van der Waals surface area contributed by atoms with E-state index in [9.17, 15) is 28.8 Å². The van der Waals surface area contributed by atoms with E-state index in [1.165, 1.54) is 68.8 Å². The van der Waals surface area contributed by atoms with Gasteiger partial charge in [0.1, 0.15) is 22.9 Å². The number of para-hydroxylation sites is 2. The van der Waals surface area contributed by atoms with Gasteiger partial charge >= 0.3 is 0 Å². The zero-order chi connectivity index (χ0) is 48.1. The molecule has 0 spiro atoms. The van der Waals surface area contributed by atoms with Gasteiger partial charge in [-0.3, -0.25) is 28.8 Å². The lowest BCUT2D eigenvalue weighted by Crippen LogP contribution is -2.32. The fourth-order valence-electron chi connectivity index (χ4n) is 6.02. The molecular weight excluding hydrogens is 958 g/mol. The van der Waals surface area contributed by atoms with Crippen LogP contribution >= 0.6 is 58.0 Å². The Labute approximate surface area is 403 Å². The number of Topliss-reactive ketones (excluding diaryl/α,β-unsaturated/α-hetero) is 2. The number of carbonyl (C=O) groups excluding carboxylic acids is 6. The van der Waals surface area contributed by atoms with Crippen LogP contribution in [0.4, 0.5) is 34.1 Å². The first kappa shape index (κ1) is 50.6. The molecule has 0 radical (unpaired) electrons. The van der Waals surface area contributed by atoms with E-state index in [0.717, 1.165) is 13.8 Å². The Kier molecular flexibility index (Phi) is 18.1. The Balaban J connectivity index is 1.28. The molecule has 21 heteroatoms. The quantitative estimate of drug-likeness (QED) is 0.0353. The van der Waals surface area contributed by atoms with Crippen molar-refractivity contribution >= 4 is 127 Å². The zero-order valence-corrected chi connectivity index (χ0v) is 39.2. The van der Waals surface area contributed by atoms with Crippen molar-refractivity contribution in [1.82, 2.24) is 0 Å². The maximum absolute atomic E-state index is 13.4. The number of hydrogen-bond donors (Lipinski definition) is 4. The first-order valence-corrected chi connectivity index (χ1v) is 21.8.